The number of ether oxygens (including phenoxy) is 2. The number of amides is 3. The Morgan fingerprint density at radius 3 is 2.23 bits per heavy atom. The van der Waals surface area contributed by atoms with Gasteiger partial charge in [0.2, 0.25) is 11.8 Å². The lowest BCUT2D eigenvalue weighted by Crippen LogP contribution is -2.66. The van der Waals surface area contributed by atoms with Crippen LogP contribution in [-0.4, -0.2) is 99.9 Å². The third kappa shape index (κ3) is 6.74. The predicted molar refractivity (Wildman–Crippen MR) is 145 cm³/mol. The fraction of sp³-hybridized carbons (Fsp3) is 0.444. The van der Waals surface area contributed by atoms with E-state index >= 15 is 0 Å². The van der Waals surface area contributed by atoms with Gasteiger partial charge >= 0.3 is 6.09 Å². The molecule has 7 N–H and O–H groups in total. The lowest BCUT2D eigenvalue weighted by atomic mass is 9.97. The molecule has 13 heteroatoms. The van der Waals surface area contributed by atoms with Crippen LogP contribution in [0.4, 0.5) is 4.79 Å². The fourth-order valence-electron chi connectivity index (χ4n) is 4.81. The van der Waals surface area contributed by atoms with Crippen molar-refractivity contribution < 1.29 is 44.3 Å². The van der Waals surface area contributed by atoms with E-state index < -0.39 is 55.3 Å². The van der Waals surface area contributed by atoms with Crippen LogP contribution in [-0.2, 0) is 19.1 Å². The Balaban J connectivity index is 1.41. The smallest absolute Gasteiger partial charge is 0.407 e. The molecule has 1 fully saturated rings. The van der Waals surface area contributed by atoms with Crippen molar-refractivity contribution >= 4 is 29.7 Å². The van der Waals surface area contributed by atoms with Crippen molar-refractivity contribution in [3.63, 3.8) is 0 Å². The van der Waals surface area contributed by atoms with Gasteiger partial charge in [0.05, 0.1) is 12.5 Å². The molecule has 4 rings (SSSR count). The molecule has 0 aromatic heterocycles. The van der Waals surface area contributed by atoms with Gasteiger partial charge in [-0.2, -0.15) is 0 Å². The van der Waals surface area contributed by atoms with Crippen LogP contribution in [0.2, 0.25) is 0 Å². The number of fused-ring (bicyclic) bond motifs is 3. The Morgan fingerprint density at radius 2 is 1.62 bits per heavy atom. The summed E-state index contributed by atoms with van der Waals surface area (Å²) in [5.74, 6) is -1.07. The molecule has 1 unspecified atom stereocenters. The van der Waals surface area contributed by atoms with E-state index in [1.165, 1.54) is 6.92 Å². The number of aliphatic hydroxyl groups is 4. The van der Waals surface area contributed by atoms with Gasteiger partial charge in [0.25, 0.3) is 0 Å². The van der Waals surface area contributed by atoms with E-state index in [0.717, 1.165) is 34.0 Å². The lowest BCUT2D eigenvalue weighted by Gasteiger charge is -2.40. The van der Waals surface area contributed by atoms with Crippen LogP contribution in [0, 0.1) is 0 Å². The van der Waals surface area contributed by atoms with Crippen LogP contribution in [0.5, 0.6) is 0 Å². The van der Waals surface area contributed by atoms with Crippen molar-refractivity contribution in [3.8, 4) is 11.1 Å². The second-order valence-corrected chi connectivity index (χ2v) is 10.6. The molecular weight excluding hydrogens is 542 g/mol. The summed E-state index contributed by atoms with van der Waals surface area (Å²) in [6, 6.07) is 13.1. The number of aliphatic hydroxyl groups excluding tert-OH is 4. The minimum absolute atomic E-state index is 0.0118. The first-order chi connectivity index (χ1) is 19.2. The van der Waals surface area contributed by atoms with Gasteiger partial charge in [0.15, 0.2) is 6.29 Å². The first kappa shape index (κ1) is 29.8. The maximum Gasteiger partial charge on any atom is 0.407 e. The molecule has 3 amide bonds. The Kier molecular flexibility index (Phi) is 10.0. The van der Waals surface area contributed by atoms with E-state index in [2.05, 4.69) is 16.0 Å². The van der Waals surface area contributed by atoms with Gasteiger partial charge < -0.3 is 45.9 Å². The monoisotopic (exact) mass is 575 g/mol. The average molecular weight is 576 g/mol. The fourth-order valence-corrected chi connectivity index (χ4v) is 5.71. The Labute approximate surface area is 235 Å². The van der Waals surface area contributed by atoms with Crippen LogP contribution >= 0.6 is 11.8 Å². The third-order valence-electron chi connectivity index (χ3n) is 6.87. The van der Waals surface area contributed by atoms with Crippen LogP contribution < -0.4 is 16.0 Å². The molecule has 0 spiro atoms. The minimum Gasteiger partial charge on any atom is -0.449 e. The van der Waals surface area contributed by atoms with Crippen LogP contribution in [0.25, 0.3) is 11.1 Å². The summed E-state index contributed by atoms with van der Waals surface area (Å²) in [6.07, 6.45) is -7.03. The largest absolute Gasteiger partial charge is 0.449 e. The van der Waals surface area contributed by atoms with Crippen LogP contribution in [0.15, 0.2) is 48.5 Å². The number of rotatable bonds is 10. The molecule has 1 heterocycles. The zero-order chi connectivity index (χ0) is 28.8. The zero-order valence-corrected chi connectivity index (χ0v) is 22.5. The van der Waals surface area contributed by atoms with Crippen molar-refractivity contribution in [3.05, 3.63) is 59.7 Å². The van der Waals surface area contributed by atoms with E-state index in [1.807, 2.05) is 48.5 Å². The van der Waals surface area contributed by atoms with E-state index in [0.29, 0.717) is 0 Å². The molecular formula is C27H33N3O9S. The van der Waals surface area contributed by atoms with Crippen LogP contribution in [0.3, 0.4) is 0 Å². The molecule has 1 saturated heterocycles. The number of nitrogens with one attached hydrogen (secondary N) is 3. The average Bonchev–Trinajstić information content (AvgIpc) is 3.26. The number of carbonyl (C=O) groups is 3. The maximum atomic E-state index is 13.1. The number of alkyl carbamates (subject to hydrolysis) is 1. The molecule has 6 atom stereocenters. The molecule has 0 bridgehead atoms. The van der Waals surface area contributed by atoms with E-state index in [9.17, 15) is 34.8 Å². The second-order valence-electron chi connectivity index (χ2n) is 9.53. The summed E-state index contributed by atoms with van der Waals surface area (Å²) >= 11 is 1.15. The third-order valence-corrected chi connectivity index (χ3v) is 7.79. The summed E-state index contributed by atoms with van der Waals surface area (Å²) in [4.78, 5) is 37.2. The number of carbonyl (C=O) groups excluding carboxylic acids is 3. The zero-order valence-electron chi connectivity index (χ0n) is 21.7. The van der Waals surface area contributed by atoms with Gasteiger partial charge in [0, 0.05) is 18.6 Å². The minimum atomic E-state index is -1.72. The summed E-state index contributed by atoms with van der Waals surface area (Å²) in [5.41, 5.74) is 4.18. The van der Waals surface area contributed by atoms with Crippen molar-refractivity contribution in [2.24, 2.45) is 0 Å². The van der Waals surface area contributed by atoms with Gasteiger partial charge in [-0.25, -0.2) is 4.79 Å². The highest BCUT2D eigenvalue weighted by Gasteiger charge is 2.45. The molecule has 40 heavy (non-hydrogen) atoms. The Hall–Kier alpha value is -3.20. The number of hydrogen-bond acceptors (Lipinski definition) is 10. The summed E-state index contributed by atoms with van der Waals surface area (Å²) in [7, 11) is 0. The normalized spacial score (nSPS) is 24.4. The first-order valence-electron chi connectivity index (χ1n) is 12.8. The molecule has 0 saturated carbocycles. The molecule has 216 valence electrons. The second kappa shape index (κ2) is 13.4. The molecule has 2 aromatic carbocycles. The van der Waals surface area contributed by atoms with Gasteiger partial charge in [0.1, 0.15) is 37.0 Å². The van der Waals surface area contributed by atoms with Crippen molar-refractivity contribution in [1.29, 1.82) is 0 Å². The standard InChI is InChI=1S/C27H33N3O9S/c1-14(32)28-13-40-12-20(25(35)30-22-24(34)23(33)21(10-31)39-26(22)36)29-27(37)38-11-19-17-8-4-2-6-15(17)16-7-3-5-9-18(16)19/h2-9,19-24,26,31,33-34,36H,10-13H2,1H3,(H,28,32)(H,29,37)(H,30,35)/t20-,21+,22+,23+,24+,26?/m0/s1. The highest BCUT2D eigenvalue weighted by atomic mass is 32.2. The van der Waals surface area contributed by atoms with Crippen molar-refractivity contribution in [2.75, 3.05) is 24.8 Å². The van der Waals surface area contributed by atoms with E-state index in [-0.39, 0.29) is 30.1 Å². The lowest BCUT2D eigenvalue weighted by molar-refractivity contribution is -0.253. The van der Waals surface area contributed by atoms with E-state index in [1.54, 1.807) is 0 Å². The predicted octanol–water partition coefficient (Wildman–Crippen LogP) is -0.363. The molecule has 1 aliphatic heterocycles. The summed E-state index contributed by atoms with van der Waals surface area (Å²) < 4.78 is 10.6. The Morgan fingerprint density at radius 1 is 1.00 bits per heavy atom. The van der Waals surface area contributed by atoms with Crippen molar-refractivity contribution in [1.82, 2.24) is 16.0 Å². The van der Waals surface area contributed by atoms with Gasteiger partial charge in [-0.1, -0.05) is 48.5 Å². The number of thioether (sulfide) groups is 1. The van der Waals surface area contributed by atoms with Crippen LogP contribution in [0.1, 0.15) is 24.0 Å². The van der Waals surface area contributed by atoms with Gasteiger partial charge in [-0.3, -0.25) is 9.59 Å². The topological polar surface area (TPSA) is 187 Å². The highest BCUT2D eigenvalue weighted by Crippen LogP contribution is 2.44. The Bertz CT molecular complexity index is 1170. The van der Waals surface area contributed by atoms with Gasteiger partial charge in [-0.15, -0.1) is 11.8 Å². The molecule has 2 aromatic rings. The highest BCUT2D eigenvalue weighted by molar-refractivity contribution is 7.99. The SMILES string of the molecule is CC(=O)NCSC[C@H](NC(=O)OCC1c2ccccc2-c2ccccc21)C(=O)N[C@H]1C(O)O[C@H](CO)[C@@H](O)[C@@H]1O. The molecule has 1 aliphatic carbocycles. The quantitative estimate of drug-likeness (QED) is 0.146. The molecule has 2 aliphatic rings. The number of benzene rings is 2. The summed E-state index contributed by atoms with van der Waals surface area (Å²) in [6.45, 7) is 0.716. The molecule has 12 nitrogen and oxygen atoms in total. The first-order valence-corrected chi connectivity index (χ1v) is 13.9. The van der Waals surface area contributed by atoms with Gasteiger partial charge in [-0.05, 0) is 22.3 Å². The van der Waals surface area contributed by atoms with Crippen molar-refractivity contribution in [2.45, 2.75) is 49.5 Å². The number of hydrogen-bond donors (Lipinski definition) is 7. The maximum absolute atomic E-state index is 13.1. The summed E-state index contributed by atoms with van der Waals surface area (Å²) in [5, 5.41) is 47.5. The van der Waals surface area contributed by atoms with E-state index in [4.69, 9.17) is 9.47 Å². The molecule has 0 radical (unpaired) electrons.